The quantitative estimate of drug-likeness (QED) is 0.191. The number of aromatic nitrogens is 6. The lowest BCUT2D eigenvalue weighted by molar-refractivity contribution is -0.385. The summed E-state index contributed by atoms with van der Waals surface area (Å²) >= 11 is 3.38. The maximum absolute atomic E-state index is 13.8. The highest BCUT2D eigenvalue weighted by molar-refractivity contribution is 9.10. The molecule has 0 fully saturated rings. The Morgan fingerprint density at radius 3 is 2.85 bits per heavy atom. The summed E-state index contributed by atoms with van der Waals surface area (Å²) in [7, 11) is 1.65. The van der Waals surface area contributed by atoms with Crippen molar-refractivity contribution in [3.63, 3.8) is 0 Å². The van der Waals surface area contributed by atoms with Gasteiger partial charge in [-0.1, -0.05) is 33.3 Å². The van der Waals surface area contributed by atoms with E-state index in [-0.39, 0.29) is 24.7 Å². The second-order valence-corrected chi connectivity index (χ2v) is 10.9. The normalized spacial score (nSPS) is 12.6. The number of halogens is 1. The van der Waals surface area contributed by atoms with Gasteiger partial charge in [0.2, 0.25) is 0 Å². The van der Waals surface area contributed by atoms with E-state index in [0.29, 0.717) is 27.0 Å². The van der Waals surface area contributed by atoms with Gasteiger partial charge in [0.05, 0.1) is 52.2 Å². The average molecular weight is 601 g/mol. The van der Waals surface area contributed by atoms with Crippen LogP contribution >= 0.6 is 15.9 Å². The molecule has 0 spiro atoms. The number of hydrogen-bond donors (Lipinski definition) is 0. The van der Waals surface area contributed by atoms with Crippen LogP contribution in [0.4, 0.5) is 5.69 Å². The number of amides is 1. The molecule has 0 bridgehead atoms. The number of fused-ring (bicyclic) bond motifs is 2. The predicted molar refractivity (Wildman–Crippen MR) is 152 cm³/mol. The van der Waals surface area contributed by atoms with Crippen molar-refractivity contribution in [3.05, 3.63) is 97.5 Å². The zero-order valence-corrected chi connectivity index (χ0v) is 23.5. The molecule has 5 aromatic rings. The van der Waals surface area contributed by atoms with Crippen molar-refractivity contribution < 1.29 is 9.72 Å². The van der Waals surface area contributed by atoms with Crippen molar-refractivity contribution in [3.8, 4) is 11.3 Å². The fourth-order valence-corrected chi connectivity index (χ4v) is 5.58. The minimum atomic E-state index is -0.432. The first-order chi connectivity index (χ1) is 19.3. The molecule has 11 nitrogen and oxygen atoms in total. The molecule has 1 aliphatic rings. The average Bonchev–Trinajstić information content (AvgIpc) is 3.65. The van der Waals surface area contributed by atoms with E-state index in [9.17, 15) is 14.9 Å². The number of rotatable bonds is 7. The summed E-state index contributed by atoms with van der Waals surface area (Å²) in [6.45, 7) is 3.06. The number of carbonyl (C=O) groups is 1. The second-order valence-electron chi connectivity index (χ2n) is 9.95. The molecule has 202 valence electrons. The molecule has 4 heterocycles. The number of benzene rings is 2. The van der Waals surface area contributed by atoms with Crippen molar-refractivity contribution in [2.24, 2.45) is 0 Å². The van der Waals surface area contributed by atoms with Crippen LogP contribution in [0.3, 0.4) is 0 Å². The van der Waals surface area contributed by atoms with Crippen LogP contribution in [0.2, 0.25) is 0 Å². The molecule has 0 unspecified atom stereocenters. The Kier molecular flexibility index (Phi) is 6.62. The summed E-state index contributed by atoms with van der Waals surface area (Å²) in [5, 5.41) is 26.0. The SMILES string of the molecule is Cc1ccc2cc(-c3cn(Cc4nn5c(c4C(=O)N(C)Cc4cc(Br)ccc4[N+](=O)[O-])CCC5)nn3)ccc2n1. The Hall–Kier alpha value is -4.45. The molecule has 6 rings (SSSR count). The van der Waals surface area contributed by atoms with E-state index in [1.54, 1.807) is 23.9 Å². The summed E-state index contributed by atoms with van der Waals surface area (Å²) in [6.07, 6.45) is 3.50. The van der Waals surface area contributed by atoms with E-state index in [0.717, 1.165) is 47.2 Å². The molecule has 40 heavy (non-hydrogen) atoms. The first-order valence-corrected chi connectivity index (χ1v) is 13.6. The van der Waals surface area contributed by atoms with Gasteiger partial charge >= 0.3 is 0 Å². The van der Waals surface area contributed by atoms with Crippen LogP contribution in [-0.2, 0) is 26.1 Å². The lowest BCUT2D eigenvalue weighted by Crippen LogP contribution is -2.28. The molecular formula is C28H25BrN8O3. The Balaban J connectivity index is 1.27. The molecule has 0 aliphatic carbocycles. The second kappa shape index (κ2) is 10.3. The Morgan fingerprint density at radius 1 is 1.18 bits per heavy atom. The van der Waals surface area contributed by atoms with Gasteiger partial charge in [-0.25, -0.2) is 4.68 Å². The number of nitro groups is 1. The van der Waals surface area contributed by atoms with Gasteiger partial charge in [0.1, 0.15) is 5.69 Å². The van der Waals surface area contributed by atoms with Gasteiger partial charge in [0, 0.05) is 40.8 Å². The van der Waals surface area contributed by atoms with Crippen molar-refractivity contribution in [2.75, 3.05) is 7.05 Å². The summed E-state index contributed by atoms with van der Waals surface area (Å²) in [5.74, 6) is -0.231. The molecule has 0 saturated heterocycles. The highest BCUT2D eigenvalue weighted by atomic mass is 79.9. The number of carbonyl (C=O) groups excluding carboxylic acids is 1. The standard InChI is InChI=1S/C28H25BrN8O3/c1-17-5-6-18-12-19(7-9-22(18)30-17)23-15-35(33-31-23)16-24-27(26-4-3-11-36(26)32-24)28(38)34(2)14-20-13-21(29)8-10-25(20)37(39)40/h5-10,12-13,15H,3-4,11,14,16H2,1-2H3. The van der Waals surface area contributed by atoms with Crippen molar-refractivity contribution in [1.29, 1.82) is 0 Å². The molecule has 0 saturated carbocycles. The van der Waals surface area contributed by atoms with Gasteiger partial charge < -0.3 is 4.90 Å². The number of hydrogen-bond acceptors (Lipinski definition) is 7. The third-order valence-electron chi connectivity index (χ3n) is 7.09. The lowest BCUT2D eigenvalue weighted by Gasteiger charge is -2.18. The summed E-state index contributed by atoms with van der Waals surface area (Å²) in [5.41, 5.74) is 5.94. The maximum Gasteiger partial charge on any atom is 0.274 e. The van der Waals surface area contributed by atoms with E-state index >= 15 is 0 Å². The van der Waals surface area contributed by atoms with E-state index in [1.165, 1.54) is 11.0 Å². The molecule has 2 aromatic carbocycles. The highest BCUT2D eigenvalue weighted by Gasteiger charge is 2.29. The van der Waals surface area contributed by atoms with Crippen molar-refractivity contribution >= 4 is 38.4 Å². The number of aryl methyl sites for hydroxylation is 2. The highest BCUT2D eigenvalue weighted by Crippen LogP contribution is 2.28. The topological polar surface area (TPSA) is 125 Å². The monoisotopic (exact) mass is 600 g/mol. The molecule has 0 N–H and O–H groups in total. The van der Waals surface area contributed by atoms with Crippen molar-refractivity contribution in [1.82, 2.24) is 34.7 Å². The minimum Gasteiger partial charge on any atom is -0.337 e. The van der Waals surface area contributed by atoms with Crippen LogP contribution in [0.5, 0.6) is 0 Å². The van der Waals surface area contributed by atoms with Gasteiger partial charge in [0.25, 0.3) is 11.6 Å². The van der Waals surface area contributed by atoms with Gasteiger partial charge in [0.15, 0.2) is 0 Å². The third kappa shape index (κ3) is 4.86. The molecule has 0 radical (unpaired) electrons. The first kappa shape index (κ1) is 25.8. The first-order valence-electron chi connectivity index (χ1n) is 12.8. The predicted octanol–water partition coefficient (Wildman–Crippen LogP) is 4.94. The summed E-state index contributed by atoms with van der Waals surface area (Å²) in [4.78, 5) is 31.0. The largest absolute Gasteiger partial charge is 0.337 e. The van der Waals surface area contributed by atoms with Crippen LogP contribution in [0.1, 0.15) is 39.4 Å². The van der Waals surface area contributed by atoms with Crippen LogP contribution in [-0.4, -0.2) is 52.5 Å². The van der Waals surface area contributed by atoms with Crippen LogP contribution in [0, 0.1) is 17.0 Å². The van der Waals surface area contributed by atoms with Gasteiger partial charge in [-0.15, -0.1) is 5.10 Å². The van der Waals surface area contributed by atoms with E-state index in [4.69, 9.17) is 5.10 Å². The van der Waals surface area contributed by atoms with Gasteiger partial charge in [-0.3, -0.25) is 24.6 Å². The Morgan fingerprint density at radius 2 is 2.02 bits per heavy atom. The molecule has 1 amide bonds. The van der Waals surface area contributed by atoms with E-state index in [1.807, 2.05) is 48.1 Å². The van der Waals surface area contributed by atoms with Crippen molar-refractivity contribution in [2.45, 2.75) is 39.4 Å². The van der Waals surface area contributed by atoms with E-state index < -0.39 is 4.92 Å². The fourth-order valence-electron chi connectivity index (χ4n) is 5.17. The smallest absolute Gasteiger partial charge is 0.274 e. The fraction of sp³-hybridized carbons (Fsp3) is 0.250. The Bertz CT molecular complexity index is 1790. The minimum absolute atomic E-state index is 0.0296. The van der Waals surface area contributed by atoms with Crippen LogP contribution in [0.15, 0.2) is 59.2 Å². The molecule has 12 heteroatoms. The van der Waals surface area contributed by atoms with E-state index in [2.05, 4.69) is 31.2 Å². The third-order valence-corrected chi connectivity index (χ3v) is 7.59. The van der Waals surface area contributed by atoms with Crippen LogP contribution in [0.25, 0.3) is 22.2 Å². The zero-order chi connectivity index (χ0) is 28.0. The number of pyridine rings is 1. The number of nitrogens with zero attached hydrogens (tertiary/aromatic N) is 8. The van der Waals surface area contributed by atoms with Crippen LogP contribution < -0.4 is 0 Å². The summed E-state index contributed by atoms with van der Waals surface area (Å²) in [6, 6.07) is 14.7. The molecular weight excluding hydrogens is 576 g/mol. The zero-order valence-electron chi connectivity index (χ0n) is 21.9. The summed E-state index contributed by atoms with van der Waals surface area (Å²) < 4.78 is 4.27. The molecule has 0 atom stereocenters. The lowest BCUT2D eigenvalue weighted by atomic mass is 10.1. The van der Waals surface area contributed by atoms with Gasteiger partial charge in [-0.2, -0.15) is 5.10 Å². The molecule has 1 aliphatic heterocycles. The molecule has 3 aromatic heterocycles. The number of nitro benzene ring substituents is 1. The maximum atomic E-state index is 13.8. The van der Waals surface area contributed by atoms with Gasteiger partial charge in [-0.05, 0) is 50.1 Å². The Labute approximate surface area is 237 Å².